The molecule has 16 heteroatoms. The lowest BCUT2D eigenvalue weighted by Gasteiger charge is -2.21. The summed E-state index contributed by atoms with van der Waals surface area (Å²) in [7, 11) is 0. The lowest BCUT2D eigenvalue weighted by molar-refractivity contribution is -0.141. The molecule has 0 fully saturated rings. The number of aliphatic imine (C=N–C) groups is 1. The summed E-state index contributed by atoms with van der Waals surface area (Å²) >= 11 is 0. The van der Waals surface area contributed by atoms with Crippen LogP contribution in [0.2, 0.25) is 0 Å². The van der Waals surface area contributed by atoms with Crippen molar-refractivity contribution in [2.75, 3.05) is 105 Å². The molecule has 0 aliphatic rings. The van der Waals surface area contributed by atoms with Gasteiger partial charge in [0.15, 0.2) is 0 Å². The summed E-state index contributed by atoms with van der Waals surface area (Å²) in [5.41, 5.74) is 0.686. The van der Waals surface area contributed by atoms with Crippen LogP contribution < -0.4 is 10.6 Å². The first-order valence-corrected chi connectivity index (χ1v) is 13.1. The lowest BCUT2D eigenvalue weighted by atomic mass is 10.4. The van der Waals surface area contributed by atoms with E-state index in [4.69, 9.17) is 39.4 Å². The summed E-state index contributed by atoms with van der Waals surface area (Å²) in [4.78, 5) is 47.7. The molecule has 6 N–H and O–H groups in total. The quantitative estimate of drug-likeness (QED) is 0.0261. The highest BCUT2D eigenvalue weighted by atomic mass is 16.6. The van der Waals surface area contributed by atoms with Crippen molar-refractivity contribution in [2.24, 2.45) is 4.99 Å². The molecule has 0 aliphatic carbocycles. The first kappa shape index (κ1) is 43.2. The van der Waals surface area contributed by atoms with Crippen molar-refractivity contribution in [3.63, 3.8) is 0 Å². The minimum atomic E-state index is -0.462. The maximum atomic E-state index is 11.6. The maximum absolute atomic E-state index is 11.6. The number of nitrogens with one attached hydrogen (secondary N) is 2. The minimum absolute atomic E-state index is 0.126. The number of isocyanates is 1. The number of carbonyl (C=O) groups is 3. The van der Waals surface area contributed by atoms with Gasteiger partial charge in [-0.15, -0.1) is 0 Å². The third kappa shape index (κ3) is 33.0. The standard InChI is InChI=1S/C13H24N2O6.C9H13NO4.C4H11NO2/c1-11(2)12(18)21-10-9-20-8-3-14-13(19)15(4-6-16)5-7-17;1-8(2)9(12)14-6-5-13-4-3-10-7-11;6-3-1-5-2-4-7/h16-17H,1,3-10H2,2H3,(H,14,19);1,3-6H2,2H3;5-7H,1-4H2. The molecular formula is C26H48N4O12. The molecule has 0 spiro atoms. The number of hydrogen-bond donors (Lipinski definition) is 6. The second-order valence-electron chi connectivity index (χ2n) is 7.89. The second-order valence-corrected chi connectivity index (χ2v) is 7.89. The molecule has 42 heavy (non-hydrogen) atoms. The Morgan fingerprint density at radius 3 is 1.62 bits per heavy atom. The third-order valence-electron chi connectivity index (χ3n) is 4.16. The summed E-state index contributed by atoms with van der Waals surface area (Å²) in [6, 6.07) is -0.379. The number of hydrogen-bond acceptors (Lipinski definition) is 14. The van der Waals surface area contributed by atoms with Gasteiger partial charge in [0.25, 0.3) is 0 Å². The van der Waals surface area contributed by atoms with Gasteiger partial charge in [-0.1, -0.05) is 13.2 Å². The molecule has 0 unspecified atom stereocenters. The van der Waals surface area contributed by atoms with Gasteiger partial charge in [0.05, 0.1) is 59.4 Å². The second kappa shape index (κ2) is 34.0. The number of aliphatic hydroxyl groups is 4. The average molecular weight is 609 g/mol. The van der Waals surface area contributed by atoms with E-state index < -0.39 is 11.9 Å². The van der Waals surface area contributed by atoms with E-state index in [9.17, 15) is 19.2 Å². The van der Waals surface area contributed by atoms with Gasteiger partial charge >= 0.3 is 18.0 Å². The fraction of sp³-hybridized carbons (Fsp3) is 0.692. The van der Waals surface area contributed by atoms with E-state index in [0.29, 0.717) is 30.8 Å². The van der Waals surface area contributed by atoms with Gasteiger partial charge in [0.1, 0.15) is 13.2 Å². The molecule has 0 aromatic rings. The number of rotatable bonds is 22. The van der Waals surface area contributed by atoms with Crippen LogP contribution in [-0.2, 0) is 33.3 Å². The Morgan fingerprint density at radius 2 is 1.21 bits per heavy atom. The van der Waals surface area contributed by atoms with Crippen LogP contribution in [0.4, 0.5) is 4.79 Å². The Hall–Kier alpha value is -3.21. The molecular weight excluding hydrogens is 560 g/mol. The van der Waals surface area contributed by atoms with E-state index in [0.717, 1.165) is 0 Å². The van der Waals surface area contributed by atoms with Gasteiger partial charge in [0, 0.05) is 43.9 Å². The van der Waals surface area contributed by atoms with Crippen LogP contribution >= 0.6 is 0 Å². The number of amides is 2. The van der Waals surface area contributed by atoms with Gasteiger partial charge < -0.3 is 54.9 Å². The van der Waals surface area contributed by atoms with Crippen LogP contribution in [0.25, 0.3) is 0 Å². The van der Waals surface area contributed by atoms with E-state index in [1.165, 1.54) is 11.0 Å². The minimum Gasteiger partial charge on any atom is -0.460 e. The molecule has 244 valence electrons. The molecule has 16 nitrogen and oxygen atoms in total. The van der Waals surface area contributed by atoms with Crippen molar-refractivity contribution in [1.29, 1.82) is 0 Å². The van der Waals surface area contributed by atoms with Crippen molar-refractivity contribution >= 4 is 24.0 Å². The highest BCUT2D eigenvalue weighted by Crippen LogP contribution is 1.93. The monoisotopic (exact) mass is 608 g/mol. The fourth-order valence-electron chi connectivity index (χ4n) is 2.17. The zero-order valence-corrected chi connectivity index (χ0v) is 24.7. The highest BCUT2D eigenvalue weighted by molar-refractivity contribution is 5.87. The molecule has 0 saturated heterocycles. The molecule has 0 heterocycles. The molecule has 0 aromatic carbocycles. The van der Waals surface area contributed by atoms with E-state index in [1.54, 1.807) is 13.8 Å². The van der Waals surface area contributed by atoms with Gasteiger partial charge in [0.2, 0.25) is 6.08 Å². The van der Waals surface area contributed by atoms with E-state index >= 15 is 0 Å². The Kier molecular flexibility index (Phi) is 35.0. The van der Waals surface area contributed by atoms with E-state index in [1.807, 2.05) is 0 Å². The maximum Gasteiger partial charge on any atom is 0.333 e. The van der Waals surface area contributed by atoms with Crippen LogP contribution in [0.1, 0.15) is 13.8 Å². The number of ether oxygens (including phenoxy) is 4. The summed E-state index contributed by atoms with van der Waals surface area (Å²) in [6.45, 7) is 13.3. The van der Waals surface area contributed by atoms with Crippen molar-refractivity contribution in [2.45, 2.75) is 13.8 Å². The van der Waals surface area contributed by atoms with Crippen LogP contribution in [0, 0.1) is 0 Å². The Balaban J connectivity index is -0.000000619. The van der Waals surface area contributed by atoms with Gasteiger partial charge in [-0.3, -0.25) is 0 Å². The molecule has 2 amide bonds. The van der Waals surface area contributed by atoms with Crippen molar-refractivity contribution in [3.05, 3.63) is 24.3 Å². The Morgan fingerprint density at radius 1 is 0.738 bits per heavy atom. The normalized spacial score (nSPS) is 9.57. The van der Waals surface area contributed by atoms with Gasteiger partial charge in [-0.2, -0.15) is 0 Å². The molecule has 0 aromatic heterocycles. The first-order valence-electron chi connectivity index (χ1n) is 13.1. The molecule has 0 radical (unpaired) electrons. The Labute approximate surface area is 247 Å². The topological polar surface area (TPSA) is 226 Å². The summed E-state index contributed by atoms with van der Waals surface area (Å²) in [5, 5.41) is 39.2. The highest BCUT2D eigenvalue weighted by Gasteiger charge is 2.11. The number of nitrogens with zero attached hydrogens (tertiary/aromatic N) is 2. The lowest BCUT2D eigenvalue weighted by Crippen LogP contribution is -2.44. The average Bonchev–Trinajstić information content (AvgIpc) is 2.96. The predicted octanol–water partition coefficient (Wildman–Crippen LogP) is -1.86. The molecule has 0 aliphatic heterocycles. The number of carbonyl (C=O) groups excluding carboxylic acids is 4. The smallest absolute Gasteiger partial charge is 0.333 e. The number of aliphatic hydroxyl groups excluding tert-OH is 4. The SMILES string of the molecule is C=C(C)C(=O)OCCOCCN=C=O.C=C(C)C(=O)OCCOCCNC(=O)N(CCO)CCO.OCCNCCO. The van der Waals surface area contributed by atoms with Crippen LogP contribution in [-0.4, -0.2) is 155 Å². The largest absolute Gasteiger partial charge is 0.460 e. The summed E-state index contributed by atoms with van der Waals surface area (Å²) < 4.78 is 19.7. The number of esters is 2. The fourth-order valence-corrected chi connectivity index (χ4v) is 2.17. The van der Waals surface area contributed by atoms with Crippen LogP contribution in [0.15, 0.2) is 29.3 Å². The summed E-state index contributed by atoms with van der Waals surface area (Å²) in [5.74, 6) is -0.893. The predicted molar refractivity (Wildman–Crippen MR) is 152 cm³/mol. The van der Waals surface area contributed by atoms with Crippen LogP contribution in [0.5, 0.6) is 0 Å². The van der Waals surface area contributed by atoms with E-state index in [-0.39, 0.29) is 91.7 Å². The molecule has 0 bridgehead atoms. The van der Waals surface area contributed by atoms with Gasteiger partial charge in [-0.05, 0) is 13.8 Å². The van der Waals surface area contributed by atoms with Crippen LogP contribution in [0.3, 0.4) is 0 Å². The molecule has 0 atom stereocenters. The van der Waals surface area contributed by atoms with Gasteiger partial charge in [-0.25, -0.2) is 24.2 Å². The zero-order valence-electron chi connectivity index (χ0n) is 24.7. The molecule has 0 rings (SSSR count). The first-order chi connectivity index (χ1) is 20.1. The number of urea groups is 1. The van der Waals surface area contributed by atoms with Crippen molar-refractivity contribution in [3.8, 4) is 0 Å². The van der Waals surface area contributed by atoms with E-state index in [2.05, 4.69) is 28.8 Å². The van der Waals surface area contributed by atoms with Crippen molar-refractivity contribution in [1.82, 2.24) is 15.5 Å². The van der Waals surface area contributed by atoms with Crippen molar-refractivity contribution < 1.29 is 58.6 Å². The third-order valence-corrected chi connectivity index (χ3v) is 4.16. The Bertz CT molecular complexity index is 766. The molecule has 0 saturated carbocycles. The summed E-state index contributed by atoms with van der Waals surface area (Å²) in [6.07, 6.45) is 1.39. The zero-order chi connectivity index (χ0) is 32.4.